The van der Waals surface area contributed by atoms with Crippen LogP contribution in [0.15, 0.2) is 36.4 Å². The number of benzene rings is 2. The van der Waals surface area contributed by atoms with Crippen molar-refractivity contribution in [1.82, 2.24) is 0 Å². The van der Waals surface area contributed by atoms with E-state index in [4.69, 9.17) is 15.2 Å². The maximum atomic E-state index is 16.5. The number of Topliss-reactive ketones (excluding diaryl/α,β-unsaturated/α-hetero) is 2. The fraction of sp³-hybridized carbons (Fsp3) is 0.750. The van der Waals surface area contributed by atoms with Gasteiger partial charge in [0.1, 0.15) is 40.3 Å². The van der Waals surface area contributed by atoms with Crippen molar-refractivity contribution in [2.24, 2.45) is 70.0 Å². The standard InChI is InChI=1S/C28H39F2NO3.C21H32BrFO2.C7H8FNO/c1-26(33)12-13-28(30)17(15-26)4-6-19-20-7-8-22(27(20,2)11-10-21(19)28)24(32)16-31-23-9-5-18(29)14-25(23)34-3;1-19(25)9-10-21(23)13(11-19)3-4-14-15-5-6-17(18(24)12-22)20(15,2)8-7-16(14)21;1-10-7-4-5(8)2-3-6(7)9/h5,9,14,17,19-22,31,33H,4,6-8,10-13,15-16H2,1-3H3;13-17,25H,3-12H2,1-2H3;2-4H,9H2,1H3/t17-,19+,20+,21+,22-,26-,27+,28-;13-,14+,15+,16+,17-,19-,20+,21-;/m11./s1. The van der Waals surface area contributed by atoms with Gasteiger partial charge in [-0.1, -0.05) is 29.8 Å². The van der Waals surface area contributed by atoms with Crippen LogP contribution in [0, 0.1) is 81.6 Å². The van der Waals surface area contributed by atoms with Crippen LogP contribution in [0.5, 0.6) is 11.5 Å². The van der Waals surface area contributed by atoms with Crippen LogP contribution in [0.1, 0.15) is 143 Å². The summed E-state index contributed by atoms with van der Waals surface area (Å²) < 4.78 is 68.6. The highest BCUT2D eigenvalue weighted by Gasteiger charge is 2.65. The summed E-state index contributed by atoms with van der Waals surface area (Å²) in [5, 5.41) is 24.6. The van der Waals surface area contributed by atoms with E-state index in [1.54, 1.807) is 6.07 Å². The quantitative estimate of drug-likeness (QED) is 0.117. The molecule has 2 aromatic carbocycles. The van der Waals surface area contributed by atoms with Gasteiger partial charge in [0.05, 0.1) is 48.7 Å². The number of aliphatic hydroxyl groups is 2. The van der Waals surface area contributed by atoms with Gasteiger partial charge in [-0.15, -0.1) is 0 Å². The van der Waals surface area contributed by atoms with Gasteiger partial charge in [-0.3, -0.25) is 9.59 Å². The third-order valence-electron chi connectivity index (χ3n) is 20.3. The molecule has 2 aromatic rings. The van der Waals surface area contributed by atoms with Crippen molar-refractivity contribution in [2.75, 3.05) is 37.1 Å². The SMILES string of the molecule is COc1cc(F)ccc1N.COc1cc(F)ccc1NCC(=O)[C@H]1CC[C@H]2[C@@H]3CC[C@@H]4C[C@](C)(O)CC[C@]4(F)[C@H]3CC[C@]12C.C[C@@]1(O)CC[C@@]2(F)[C@H](CC[C@H]3[C@@H]4CC[C@H](C(=O)CBr)[C@@]4(C)CC[C@@H]32)C1. The molecule has 0 saturated heterocycles. The van der Waals surface area contributed by atoms with Crippen molar-refractivity contribution in [3.8, 4) is 11.5 Å². The predicted octanol–water partition coefficient (Wildman–Crippen LogP) is 12.4. The van der Waals surface area contributed by atoms with Crippen molar-refractivity contribution < 1.29 is 46.8 Å². The molecule has 8 saturated carbocycles. The number of alkyl halides is 3. The molecule has 8 aliphatic rings. The molecule has 13 heteroatoms. The number of rotatable bonds is 8. The Hall–Kier alpha value is -2.90. The number of ether oxygens (including phenoxy) is 2. The Bertz CT molecular complexity index is 2200. The largest absolute Gasteiger partial charge is 0.494 e. The van der Waals surface area contributed by atoms with Gasteiger partial charge in [-0.25, -0.2) is 17.6 Å². The number of ketones is 2. The molecule has 0 unspecified atom stereocenters. The van der Waals surface area contributed by atoms with E-state index in [9.17, 15) is 28.6 Å². The average Bonchev–Trinajstić information content (AvgIpc) is 3.86. The summed E-state index contributed by atoms with van der Waals surface area (Å²) in [7, 11) is 2.94. The first-order valence-electron chi connectivity index (χ1n) is 26.1. The number of hydrogen-bond donors (Lipinski definition) is 4. The smallest absolute Gasteiger partial charge is 0.155 e. The van der Waals surface area contributed by atoms with Crippen LogP contribution in [0.25, 0.3) is 0 Å². The molecular weight excluding hydrogens is 953 g/mol. The Kier molecular flexibility index (Phi) is 15.1. The fourth-order valence-electron chi connectivity index (χ4n) is 16.9. The summed E-state index contributed by atoms with van der Waals surface area (Å²) in [5.74, 6) is 2.61. The molecule has 16 atom stereocenters. The third kappa shape index (κ3) is 9.86. The van der Waals surface area contributed by atoms with Crippen LogP contribution in [0.4, 0.5) is 28.9 Å². The number of nitrogen functional groups attached to an aromatic ring is 1. The van der Waals surface area contributed by atoms with Gasteiger partial charge in [0.2, 0.25) is 0 Å². The summed E-state index contributed by atoms with van der Waals surface area (Å²) in [6, 6.07) is 8.28. The van der Waals surface area contributed by atoms with Gasteiger partial charge in [0.15, 0.2) is 5.78 Å². The first kappa shape index (κ1) is 52.4. The fourth-order valence-corrected chi connectivity index (χ4v) is 17.3. The molecular formula is C56H79BrF4N2O6. The topological polar surface area (TPSA) is 131 Å². The molecule has 0 radical (unpaired) electrons. The average molecular weight is 1030 g/mol. The van der Waals surface area contributed by atoms with E-state index in [-0.39, 0.29) is 70.3 Å². The highest BCUT2D eigenvalue weighted by atomic mass is 79.9. The van der Waals surface area contributed by atoms with Gasteiger partial charge in [0.25, 0.3) is 0 Å². The lowest BCUT2D eigenvalue weighted by Gasteiger charge is -2.59. The summed E-state index contributed by atoms with van der Waals surface area (Å²) in [6.07, 6.45) is 14.8. The van der Waals surface area contributed by atoms with E-state index in [2.05, 4.69) is 35.1 Å². The number of carbonyl (C=O) groups is 2. The molecule has 0 bridgehead atoms. The highest BCUT2D eigenvalue weighted by Crippen LogP contribution is 2.68. The number of nitrogens with two attached hydrogens (primary N) is 1. The minimum absolute atomic E-state index is 0.0298. The Labute approximate surface area is 416 Å². The van der Waals surface area contributed by atoms with Crippen LogP contribution in [0.3, 0.4) is 0 Å². The second-order valence-electron chi connectivity index (χ2n) is 24.1. The van der Waals surface area contributed by atoms with Gasteiger partial charge in [-0.05, 0) is 212 Å². The molecule has 8 nitrogen and oxygen atoms in total. The van der Waals surface area contributed by atoms with Crippen LogP contribution < -0.4 is 20.5 Å². The first-order chi connectivity index (χ1) is 32.5. The van der Waals surface area contributed by atoms with Crippen molar-refractivity contribution in [1.29, 1.82) is 0 Å². The molecule has 69 heavy (non-hydrogen) atoms. The maximum Gasteiger partial charge on any atom is 0.155 e. The second-order valence-corrected chi connectivity index (χ2v) is 24.6. The molecule has 0 amide bonds. The van der Waals surface area contributed by atoms with Gasteiger partial charge < -0.3 is 30.7 Å². The predicted molar refractivity (Wildman–Crippen MR) is 266 cm³/mol. The summed E-state index contributed by atoms with van der Waals surface area (Å²) in [6.45, 7) is 8.51. The highest BCUT2D eigenvalue weighted by molar-refractivity contribution is 9.09. The van der Waals surface area contributed by atoms with E-state index >= 15 is 8.78 Å². The van der Waals surface area contributed by atoms with Gasteiger partial charge >= 0.3 is 0 Å². The van der Waals surface area contributed by atoms with E-state index in [1.165, 1.54) is 44.6 Å². The zero-order valence-electron chi connectivity index (χ0n) is 41.9. The molecule has 0 heterocycles. The molecule has 8 aliphatic carbocycles. The van der Waals surface area contributed by atoms with Crippen molar-refractivity contribution >= 4 is 38.9 Å². The normalized spacial score (nSPS) is 42.7. The van der Waals surface area contributed by atoms with E-state index < -0.39 is 22.5 Å². The van der Waals surface area contributed by atoms with Gasteiger partial charge in [0, 0.05) is 24.0 Å². The molecule has 0 aromatic heterocycles. The van der Waals surface area contributed by atoms with Crippen molar-refractivity contribution in [2.45, 2.75) is 166 Å². The maximum absolute atomic E-state index is 16.5. The van der Waals surface area contributed by atoms with Crippen LogP contribution in [-0.4, -0.2) is 70.4 Å². The second kappa shape index (κ2) is 19.8. The van der Waals surface area contributed by atoms with Crippen molar-refractivity contribution in [3.63, 3.8) is 0 Å². The lowest BCUT2D eigenvalue weighted by atomic mass is 9.48. The molecule has 384 valence electrons. The summed E-state index contributed by atoms with van der Waals surface area (Å²) in [5.41, 5.74) is 2.81. The van der Waals surface area contributed by atoms with E-state index in [1.807, 2.05) is 13.8 Å². The van der Waals surface area contributed by atoms with Gasteiger partial charge in [-0.2, -0.15) is 0 Å². The molecule has 10 rings (SSSR count). The van der Waals surface area contributed by atoms with E-state index in [0.717, 1.165) is 77.0 Å². The molecule has 8 fully saturated rings. The number of fused-ring (bicyclic) bond motifs is 10. The zero-order chi connectivity index (χ0) is 49.9. The molecule has 5 N–H and O–H groups in total. The molecule has 0 aliphatic heterocycles. The lowest BCUT2D eigenvalue weighted by Crippen LogP contribution is -2.58. The molecule has 0 spiro atoms. The Morgan fingerprint density at radius 2 is 1.10 bits per heavy atom. The Morgan fingerprint density at radius 1 is 0.638 bits per heavy atom. The number of hydrogen-bond acceptors (Lipinski definition) is 8. The van der Waals surface area contributed by atoms with Crippen molar-refractivity contribution in [3.05, 3.63) is 48.0 Å². The third-order valence-corrected chi connectivity index (χ3v) is 20.9. The lowest BCUT2D eigenvalue weighted by molar-refractivity contribution is -0.165. The minimum atomic E-state index is -1.16. The monoisotopic (exact) mass is 1030 g/mol. The van der Waals surface area contributed by atoms with E-state index in [0.29, 0.717) is 96.2 Å². The number of nitrogens with one attached hydrogen (secondary N) is 1. The first-order valence-corrected chi connectivity index (χ1v) is 27.2. The Morgan fingerprint density at radius 3 is 1.57 bits per heavy atom. The number of anilines is 2. The Balaban J connectivity index is 0.000000160. The van der Waals surface area contributed by atoms with Crippen LogP contribution in [0.2, 0.25) is 0 Å². The number of halogens is 5. The van der Waals surface area contributed by atoms with Crippen LogP contribution in [-0.2, 0) is 9.59 Å². The zero-order valence-corrected chi connectivity index (χ0v) is 43.5. The minimum Gasteiger partial charge on any atom is -0.494 e. The summed E-state index contributed by atoms with van der Waals surface area (Å²) >= 11 is 3.37. The number of methoxy groups -OCH3 is 2. The number of carbonyl (C=O) groups excluding carboxylic acids is 2. The summed E-state index contributed by atoms with van der Waals surface area (Å²) in [4.78, 5) is 25.8. The van der Waals surface area contributed by atoms with Crippen LogP contribution >= 0.6 is 15.9 Å².